The summed E-state index contributed by atoms with van der Waals surface area (Å²) in [7, 11) is 1.45. The zero-order chi connectivity index (χ0) is 19.8. The smallest absolute Gasteiger partial charge is 0.170 e. The SMILES string of the molecule is COc1ccc(-c2ccc3c(n2)N(Cc2ccc4ncccc4c2)NN3)cc1F. The average Bonchev–Trinajstić information content (AvgIpc) is 3.15. The van der Waals surface area contributed by atoms with Crippen LogP contribution >= 0.6 is 0 Å². The van der Waals surface area contributed by atoms with Crippen LogP contribution in [0.1, 0.15) is 5.56 Å². The summed E-state index contributed by atoms with van der Waals surface area (Å²) in [5, 5.41) is 3.02. The summed E-state index contributed by atoms with van der Waals surface area (Å²) in [6, 6.07) is 18.8. The van der Waals surface area contributed by atoms with Gasteiger partial charge in [0.1, 0.15) is 0 Å². The molecule has 2 aromatic carbocycles. The van der Waals surface area contributed by atoms with Crippen molar-refractivity contribution in [2.75, 3.05) is 17.5 Å². The number of hydrogen-bond donors (Lipinski definition) is 2. The van der Waals surface area contributed by atoms with Crippen LogP contribution in [0.5, 0.6) is 5.75 Å². The number of nitrogens with one attached hydrogen (secondary N) is 2. The van der Waals surface area contributed by atoms with Crippen LogP contribution in [0.15, 0.2) is 66.9 Å². The molecule has 0 spiro atoms. The molecule has 2 aromatic heterocycles. The minimum atomic E-state index is -0.412. The number of halogens is 1. The van der Waals surface area contributed by atoms with Gasteiger partial charge in [-0.1, -0.05) is 12.1 Å². The highest BCUT2D eigenvalue weighted by Crippen LogP contribution is 2.32. The minimum Gasteiger partial charge on any atom is -0.494 e. The standard InChI is InChI=1S/C22H18FN5O/c1-29-21-9-5-16(12-17(21)23)19-7-8-20-22(25-19)28(27-26-20)13-14-4-6-18-15(11-14)3-2-10-24-18/h2-12,26-27H,13H2,1H3. The molecule has 0 saturated heterocycles. The molecule has 4 aromatic rings. The van der Waals surface area contributed by atoms with Crippen molar-refractivity contribution in [3.05, 3.63) is 78.2 Å². The van der Waals surface area contributed by atoms with Gasteiger partial charge in [0.05, 0.1) is 30.6 Å². The number of pyridine rings is 2. The van der Waals surface area contributed by atoms with Gasteiger partial charge in [0.2, 0.25) is 0 Å². The molecule has 29 heavy (non-hydrogen) atoms. The van der Waals surface area contributed by atoms with Gasteiger partial charge in [-0.25, -0.2) is 9.37 Å². The molecule has 0 aliphatic carbocycles. The van der Waals surface area contributed by atoms with Crippen molar-refractivity contribution >= 4 is 22.4 Å². The summed E-state index contributed by atoms with van der Waals surface area (Å²) < 4.78 is 19.1. The van der Waals surface area contributed by atoms with Crippen molar-refractivity contribution in [1.29, 1.82) is 0 Å². The molecule has 144 valence electrons. The van der Waals surface area contributed by atoms with E-state index in [4.69, 9.17) is 9.72 Å². The monoisotopic (exact) mass is 387 g/mol. The Morgan fingerprint density at radius 2 is 2.00 bits per heavy atom. The molecule has 2 N–H and O–H groups in total. The van der Waals surface area contributed by atoms with Gasteiger partial charge in [0, 0.05) is 17.1 Å². The Morgan fingerprint density at radius 1 is 1.07 bits per heavy atom. The van der Waals surface area contributed by atoms with Gasteiger partial charge >= 0.3 is 0 Å². The molecule has 0 fully saturated rings. The van der Waals surface area contributed by atoms with Gasteiger partial charge in [-0.3, -0.25) is 9.99 Å². The highest BCUT2D eigenvalue weighted by atomic mass is 19.1. The van der Waals surface area contributed by atoms with Gasteiger partial charge in [-0.15, -0.1) is 5.53 Å². The first-order valence-corrected chi connectivity index (χ1v) is 9.19. The Kier molecular flexibility index (Phi) is 4.22. The van der Waals surface area contributed by atoms with Gasteiger partial charge < -0.3 is 10.2 Å². The number of benzene rings is 2. The van der Waals surface area contributed by atoms with E-state index < -0.39 is 5.82 Å². The third-order valence-electron chi connectivity index (χ3n) is 4.91. The van der Waals surface area contributed by atoms with E-state index in [9.17, 15) is 4.39 Å². The molecule has 0 amide bonds. The van der Waals surface area contributed by atoms with Crippen LogP contribution in [0.4, 0.5) is 15.9 Å². The van der Waals surface area contributed by atoms with E-state index in [2.05, 4.69) is 28.1 Å². The maximum Gasteiger partial charge on any atom is 0.170 e. The molecule has 7 heteroatoms. The number of anilines is 2. The minimum absolute atomic E-state index is 0.214. The molecule has 6 nitrogen and oxygen atoms in total. The normalized spacial score (nSPS) is 12.7. The first kappa shape index (κ1) is 17.4. The molecular formula is C22H18FN5O. The molecule has 3 heterocycles. The van der Waals surface area contributed by atoms with E-state index in [1.165, 1.54) is 13.2 Å². The van der Waals surface area contributed by atoms with Gasteiger partial charge in [0.25, 0.3) is 0 Å². The number of nitrogens with zero attached hydrogens (tertiary/aromatic N) is 3. The topological polar surface area (TPSA) is 62.3 Å². The van der Waals surface area contributed by atoms with Crippen LogP contribution < -0.4 is 20.7 Å². The second-order valence-corrected chi connectivity index (χ2v) is 6.77. The molecule has 0 saturated carbocycles. The van der Waals surface area contributed by atoms with Crippen molar-refractivity contribution in [2.45, 2.75) is 6.54 Å². The molecule has 0 atom stereocenters. The van der Waals surface area contributed by atoms with Gasteiger partial charge in [0.15, 0.2) is 17.4 Å². The molecule has 1 aliphatic rings. The molecular weight excluding hydrogens is 369 g/mol. The zero-order valence-corrected chi connectivity index (χ0v) is 15.7. The number of hydrogen-bond acceptors (Lipinski definition) is 6. The number of hydrazine groups is 2. The van der Waals surface area contributed by atoms with Crippen LogP contribution in [0, 0.1) is 5.82 Å². The summed E-state index contributed by atoms with van der Waals surface area (Å²) in [4.78, 5) is 9.10. The van der Waals surface area contributed by atoms with Crippen molar-refractivity contribution in [3.63, 3.8) is 0 Å². The largest absolute Gasteiger partial charge is 0.494 e. The highest BCUT2D eigenvalue weighted by Gasteiger charge is 2.21. The lowest BCUT2D eigenvalue weighted by Crippen LogP contribution is -2.35. The van der Waals surface area contributed by atoms with Crippen LogP contribution in [0.3, 0.4) is 0 Å². The Balaban J connectivity index is 1.45. The van der Waals surface area contributed by atoms with E-state index in [0.29, 0.717) is 17.8 Å². The maximum absolute atomic E-state index is 14.1. The van der Waals surface area contributed by atoms with Crippen LogP contribution in [-0.2, 0) is 6.54 Å². The first-order valence-electron chi connectivity index (χ1n) is 9.19. The predicted octanol–water partition coefficient (Wildman–Crippen LogP) is 4.30. The van der Waals surface area contributed by atoms with E-state index >= 15 is 0 Å². The summed E-state index contributed by atoms with van der Waals surface area (Å²) in [5.41, 5.74) is 10.6. The number of rotatable bonds is 4. The lowest BCUT2D eigenvalue weighted by Gasteiger charge is -2.17. The second-order valence-electron chi connectivity index (χ2n) is 6.77. The molecule has 1 aliphatic heterocycles. The zero-order valence-electron chi connectivity index (χ0n) is 15.7. The third kappa shape index (κ3) is 3.21. The quantitative estimate of drug-likeness (QED) is 0.545. The van der Waals surface area contributed by atoms with Crippen LogP contribution in [0.2, 0.25) is 0 Å². The molecule has 0 bridgehead atoms. The van der Waals surface area contributed by atoms with Crippen molar-refractivity contribution in [2.24, 2.45) is 0 Å². The van der Waals surface area contributed by atoms with Crippen molar-refractivity contribution < 1.29 is 9.13 Å². The first-order chi connectivity index (χ1) is 14.2. The number of aromatic nitrogens is 2. The molecule has 0 unspecified atom stereocenters. The lowest BCUT2D eigenvalue weighted by atomic mass is 10.1. The summed E-state index contributed by atoms with van der Waals surface area (Å²) in [5.74, 6) is 0.556. The van der Waals surface area contributed by atoms with Crippen LogP contribution in [-0.4, -0.2) is 17.1 Å². The Bertz CT molecular complexity index is 1210. The maximum atomic E-state index is 14.1. The predicted molar refractivity (Wildman–Crippen MR) is 111 cm³/mol. The van der Waals surface area contributed by atoms with E-state index in [0.717, 1.165) is 28.0 Å². The van der Waals surface area contributed by atoms with E-state index in [-0.39, 0.29) is 5.75 Å². The Hall–Kier alpha value is -3.71. The Labute approximate surface area is 166 Å². The lowest BCUT2D eigenvalue weighted by molar-refractivity contribution is 0.386. The summed E-state index contributed by atoms with van der Waals surface area (Å²) >= 11 is 0. The highest BCUT2D eigenvalue weighted by molar-refractivity contribution is 5.79. The number of methoxy groups -OCH3 is 1. The summed E-state index contributed by atoms with van der Waals surface area (Å²) in [6.45, 7) is 0.609. The molecule has 0 radical (unpaired) electrons. The number of fused-ring (bicyclic) bond motifs is 2. The second kappa shape index (κ2) is 7.03. The van der Waals surface area contributed by atoms with Crippen LogP contribution in [0.25, 0.3) is 22.2 Å². The Morgan fingerprint density at radius 3 is 2.86 bits per heavy atom. The van der Waals surface area contributed by atoms with E-state index in [1.54, 1.807) is 18.3 Å². The van der Waals surface area contributed by atoms with Gasteiger partial charge in [-0.05, 0) is 54.1 Å². The van der Waals surface area contributed by atoms with Crippen molar-refractivity contribution in [3.8, 4) is 17.0 Å². The fourth-order valence-electron chi connectivity index (χ4n) is 3.44. The van der Waals surface area contributed by atoms with Crippen molar-refractivity contribution in [1.82, 2.24) is 15.5 Å². The average molecular weight is 387 g/mol. The number of ether oxygens (including phenoxy) is 1. The van der Waals surface area contributed by atoms with E-state index in [1.807, 2.05) is 35.3 Å². The third-order valence-corrected chi connectivity index (χ3v) is 4.91. The fourth-order valence-corrected chi connectivity index (χ4v) is 3.44. The fraction of sp³-hybridized carbons (Fsp3) is 0.0909. The molecule has 5 rings (SSSR count). The summed E-state index contributed by atoms with van der Waals surface area (Å²) in [6.07, 6.45) is 1.79. The van der Waals surface area contributed by atoms with Gasteiger partial charge in [-0.2, -0.15) is 0 Å².